The van der Waals surface area contributed by atoms with Crippen LogP contribution in [0.3, 0.4) is 0 Å². The lowest BCUT2D eigenvalue weighted by Gasteiger charge is -2.12. The number of nitrogens with zero attached hydrogens (tertiary/aromatic N) is 4. The number of nitrogens with one attached hydrogen (secondary N) is 2. The maximum Gasteiger partial charge on any atom is 0.446 e. The van der Waals surface area contributed by atoms with Crippen molar-refractivity contribution in [2.24, 2.45) is 0 Å². The minimum absolute atomic E-state index is 0.196. The summed E-state index contributed by atoms with van der Waals surface area (Å²) in [6, 6.07) is 5.59. The third-order valence-corrected chi connectivity index (χ3v) is 5.48. The van der Waals surface area contributed by atoms with Crippen LogP contribution in [-0.2, 0) is 11.3 Å². The smallest absolute Gasteiger partial charge is 0.352 e. The third kappa shape index (κ3) is 5.99. The molecule has 32 heavy (non-hydrogen) atoms. The van der Waals surface area contributed by atoms with E-state index in [1.807, 2.05) is 6.07 Å². The zero-order chi connectivity index (χ0) is 23.5. The van der Waals surface area contributed by atoms with Crippen LogP contribution in [0.25, 0.3) is 11.0 Å². The molecule has 2 aromatic heterocycles. The molecule has 1 unspecified atom stereocenters. The molecule has 3 aromatic rings. The van der Waals surface area contributed by atoms with Crippen molar-refractivity contribution in [3.63, 3.8) is 0 Å². The first-order valence-electron chi connectivity index (χ1n) is 9.44. The number of carbonyl (C=O) groups excluding carboxylic acids is 1. The second kappa shape index (κ2) is 9.88. The summed E-state index contributed by atoms with van der Waals surface area (Å²) in [4.78, 5) is 30.8. The van der Waals surface area contributed by atoms with E-state index in [2.05, 4.69) is 32.3 Å². The lowest BCUT2D eigenvalue weighted by Crippen LogP contribution is -2.21. The number of aldehydes is 1. The minimum atomic E-state index is -4.64. The molecule has 8 nitrogen and oxygen atoms in total. The van der Waals surface area contributed by atoms with Gasteiger partial charge in [0, 0.05) is 13.1 Å². The number of likely N-dealkylation sites (N-methyl/N-ethyl adjacent to an activating group) is 1. The Labute approximate surface area is 190 Å². The quantitative estimate of drug-likeness (QED) is 0.541. The molecule has 0 aliphatic carbocycles. The van der Waals surface area contributed by atoms with Crippen molar-refractivity contribution in [1.82, 2.24) is 24.6 Å². The number of alkyl halides is 3. The van der Waals surface area contributed by atoms with Gasteiger partial charge in [-0.3, -0.25) is 19.3 Å². The molecule has 172 valence electrons. The highest BCUT2D eigenvalue weighted by Crippen LogP contribution is 2.24. The van der Waals surface area contributed by atoms with Gasteiger partial charge in [0.05, 0.1) is 22.3 Å². The third-order valence-electron chi connectivity index (χ3n) is 4.75. The minimum Gasteiger partial charge on any atom is -0.352 e. The standard InChI is InChI=1S/C17H18Cl2N6O.C2HF3O/c1-24-5-4-11(9-24)25-15-14(8-21-25)22-17(23-16(15)26)20-7-10-2-3-12(18)13(19)6-10;3-2(4,5)1-6/h2-3,6,8,11H,4-5,7,9H2,1H3,(H2,20,22,23,26);1H. The number of anilines is 1. The van der Waals surface area contributed by atoms with Gasteiger partial charge >= 0.3 is 6.18 Å². The van der Waals surface area contributed by atoms with E-state index in [1.165, 1.54) is 0 Å². The molecule has 0 radical (unpaired) electrons. The van der Waals surface area contributed by atoms with Gasteiger partial charge < -0.3 is 10.2 Å². The first-order chi connectivity index (χ1) is 15.1. The highest BCUT2D eigenvalue weighted by atomic mass is 35.5. The van der Waals surface area contributed by atoms with E-state index in [4.69, 9.17) is 28.0 Å². The van der Waals surface area contributed by atoms with Crippen molar-refractivity contribution in [3.8, 4) is 0 Å². The molecule has 1 atom stereocenters. The molecule has 2 N–H and O–H groups in total. The molecule has 0 bridgehead atoms. The van der Waals surface area contributed by atoms with Crippen molar-refractivity contribution in [2.75, 3.05) is 25.5 Å². The van der Waals surface area contributed by atoms with Crippen molar-refractivity contribution in [3.05, 3.63) is 50.4 Å². The van der Waals surface area contributed by atoms with Crippen LogP contribution in [0.2, 0.25) is 10.0 Å². The Hall–Kier alpha value is -2.63. The molecular weight excluding hydrogens is 472 g/mol. The lowest BCUT2D eigenvalue weighted by molar-refractivity contribution is -0.156. The fraction of sp³-hybridized carbons (Fsp3) is 0.368. The van der Waals surface area contributed by atoms with Gasteiger partial charge in [-0.1, -0.05) is 29.3 Å². The number of halogens is 5. The van der Waals surface area contributed by atoms with Crippen LogP contribution in [-0.4, -0.2) is 57.2 Å². The summed E-state index contributed by atoms with van der Waals surface area (Å²) in [6.07, 6.45) is -3.08. The number of likely N-dealkylation sites (tertiary alicyclic amines) is 1. The van der Waals surface area contributed by atoms with Crippen molar-refractivity contribution in [1.29, 1.82) is 0 Å². The molecule has 0 amide bonds. The number of aromatic nitrogens is 4. The molecule has 0 saturated carbocycles. The second-order valence-electron chi connectivity index (χ2n) is 7.20. The summed E-state index contributed by atoms with van der Waals surface area (Å²) >= 11 is 12.0. The van der Waals surface area contributed by atoms with Gasteiger partial charge in [0.15, 0.2) is 5.52 Å². The molecule has 0 spiro atoms. The maximum atomic E-state index is 12.6. The molecule has 1 aliphatic rings. The van der Waals surface area contributed by atoms with Crippen LogP contribution < -0.4 is 10.9 Å². The van der Waals surface area contributed by atoms with E-state index in [-0.39, 0.29) is 11.6 Å². The fourth-order valence-electron chi connectivity index (χ4n) is 3.28. The number of benzene rings is 1. The summed E-state index contributed by atoms with van der Waals surface area (Å²) in [5.74, 6) is 0.400. The average molecular weight is 491 g/mol. The predicted octanol–water partition coefficient (Wildman–Crippen LogP) is 3.66. The molecule has 3 heterocycles. The molecule has 13 heteroatoms. The second-order valence-corrected chi connectivity index (χ2v) is 8.02. The van der Waals surface area contributed by atoms with Crippen LogP contribution in [0.5, 0.6) is 0 Å². The topological polar surface area (TPSA) is 95.9 Å². The Morgan fingerprint density at radius 2 is 2.03 bits per heavy atom. The summed E-state index contributed by atoms with van der Waals surface area (Å²) in [7, 11) is 2.07. The number of rotatable bonds is 4. The first kappa shape index (κ1) is 24.0. The first-order valence-corrected chi connectivity index (χ1v) is 10.2. The number of H-pyrrole nitrogens is 1. The molecule has 4 rings (SSSR count). The number of fused-ring (bicyclic) bond motifs is 1. The van der Waals surface area contributed by atoms with Gasteiger partial charge in [0.25, 0.3) is 5.56 Å². The highest BCUT2D eigenvalue weighted by Gasteiger charge is 2.25. The van der Waals surface area contributed by atoms with Gasteiger partial charge in [0.1, 0.15) is 5.52 Å². The van der Waals surface area contributed by atoms with E-state index in [1.54, 1.807) is 23.0 Å². The SMILES string of the molecule is CN1CCC(n2ncc3nc(NCc4ccc(Cl)c(Cl)c4)[nH]c(=O)c32)C1.O=CC(F)(F)F. The Kier molecular flexibility index (Phi) is 7.42. The van der Waals surface area contributed by atoms with E-state index in [0.717, 1.165) is 25.1 Å². The molecule has 1 fully saturated rings. The number of aromatic amines is 1. The molecule has 1 aliphatic heterocycles. The zero-order valence-corrected chi connectivity index (χ0v) is 18.3. The Morgan fingerprint density at radius 1 is 1.31 bits per heavy atom. The number of hydrogen-bond donors (Lipinski definition) is 2. The fourth-order valence-corrected chi connectivity index (χ4v) is 3.60. The number of carbonyl (C=O) groups is 1. The van der Waals surface area contributed by atoms with Gasteiger partial charge in [0.2, 0.25) is 12.2 Å². The normalized spacial score (nSPS) is 16.6. The summed E-state index contributed by atoms with van der Waals surface area (Å²) in [5.41, 5.74) is 1.84. The molecule has 1 saturated heterocycles. The van der Waals surface area contributed by atoms with Crippen molar-refractivity contribution in [2.45, 2.75) is 25.2 Å². The van der Waals surface area contributed by atoms with Crippen LogP contribution in [0.1, 0.15) is 18.0 Å². The van der Waals surface area contributed by atoms with Gasteiger partial charge in [-0.2, -0.15) is 18.3 Å². The van der Waals surface area contributed by atoms with Gasteiger partial charge in [-0.25, -0.2) is 4.98 Å². The average Bonchev–Trinajstić information content (AvgIpc) is 3.35. The molecule has 1 aromatic carbocycles. The maximum absolute atomic E-state index is 12.6. The molecular formula is C19H19Cl2F3N6O2. The van der Waals surface area contributed by atoms with Crippen LogP contribution in [0.4, 0.5) is 19.1 Å². The van der Waals surface area contributed by atoms with E-state index in [9.17, 15) is 18.0 Å². The van der Waals surface area contributed by atoms with Crippen molar-refractivity contribution < 1.29 is 18.0 Å². The van der Waals surface area contributed by atoms with E-state index < -0.39 is 12.5 Å². The van der Waals surface area contributed by atoms with E-state index in [0.29, 0.717) is 33.6 Å². The largest absolute Gasteiger partial charge is 0.446 e. The summed E-state index contributed by atoms with van der Waals surface area (Å²) in [6.45, 7) is 2.35. The Morgan fingerprint density at radius 3 is 2.62 bits per heavy atom. The summed E-state index contributed by atoms with van der Waals surface area (Å²) < 4.78 is 33.0. The Balaban J connectivity index is 0.000000427. The van der Waals surface area contributed by atoms with Crippen LogP contribution >= 0.6 is 23.2 Å². The Bertz CT molecular complexity index is 1160. The van der Waals surface area contributed by atoms with Crippen LogP contribution in [0, 0.1) is 0 Å². The van der Waals surface area contributed by atoms with Crippen LogP contribution in [0.15, 0.2) is 29.2 Å². The zero-order valence-electron chi connectivity index (χ0n) is 16.8. The number of hydrogen-bond acceptors (Lipinski definition) is 6. The van der Waals surface area contributed by atoms with Crippen molar-refractivity contribution >= 4 is 46.5 Å². The highest BCUT2D eigenvalue weighted by molar-refractivity contribution is 6.42. The predicted molar refractivity (Wildman–Crippen MR) is 115 cm³/mol. The van der Waals surface area contributed by atoms with Gasteiger partial charge in [-0.05, 0) is 37.7 Å². The lowest BCUT2D eigenvalue weighted by atomic mass is 10.2. The summed E-state index contributed by atoms with van der Waals surface area (Å²) in [5, 5.41) is 8.51. The van der Waals surface area contributed by atoms with Gasteiger partial charge in [-0.15, -0.1) is 0 Å². The van der Waals surface area contributed by atoms with E-state index >= 15 is 0 Å². The monoisotopic (exact) mass is 490 g/mol.